The summed E-state index contributed by atoms with van der Waals surface area (Å²) in [6.07, 6.45) is 0. The molecule has 0 aliphatic rings. The van der Waals surface area contributed by atoms with Crippen molar-refractivity contribution in [2.45, 2.75) is 6.92 Å². The number of anilines is 2. The number of nitro benzene ring substituents is 1. The second-order valence-electron chi connectivity index (χ2n) is 4.64. The number of amides is 2. The Bertz CT molecular complexity index is 759. The molecule has 2 amide bonds. The summed E-state index contributed by atoms with van der Waals surface area (Å²) in [6.45, 7) is 2.22. The average Bonchev–Trinajstić information content (AvgIpc) is 2.57. The van der Waals surface area contributed by atoms with Crippen molar-refractivity contribution in [3.63, 3.8) is 0 Å². The number of para-hydroxylation sites is 2. The van der Waals surface area contributed by atoms with Crippen molar-refractivity contribution in [3.05, 3.63) is 58.6 Å². The van der Waals surface area contributed by atoms with E-state index in [0.717, 1.165) is 0 Å². The molecular weight excluding hydrogens is 314 g/mol. The Morgan fingerprint density at radius 3 is 2.29 bits per heavy atom. The van der Waals surface area contributed by atoms with E-state index in [0.29, 0.717) is 18.0 Å². The van der Waals surface area contributed by atoms with E-state index in [2.05, 4.69) is 10.6 Å². The van der Waals surface area contributed by atoms with Crippen LogP contribution < -0.4 is 15.4 Å². The third-order valence-electron chi connectivity index (χ3n) is 2.98. The minimum absolute atomic E-state index is 0.108. The highest BCUT2D eigenvalue weighted by molar-refractivity contribution is 6.43. The zero-order valence-corrected chi connectivity index (χ0v) is 12.8. The number of non-ortho nitro benzene ring substituents is 1. The molecule has 124 valence electrons. The van der Waals surface area contributed by atoms with Crippen LogP contribution in [0.3, 0.4) is 0 Å². The van der Waals surface area contributed by atoms with Crippen LogP contribution in [0.4, 0.5) is 17.1 Å². The molecule has 8 nitrogen and oxygen atoms in total. The fraction of sp³-hybridized carbons (Fsp3) is 0.125. The molecule has 0 atom stereocenters. The molecule has 2 aromatic carbocycles. The summed E-state index contributed by atoms with van der Waals surface area (Å²) >= 11 is 0. The summed E-state index contributed by atoms with van der Waals surface area (Å²) < 4.78 is 5.36. The van der Waals surface area contributed by atoms with Crippen molar-refractivity contribution < 1.29 is 19.2 Å². The smallest absolute Gasteiger partial charge is 0.314 e. The number of benzene rings is 2. The summed E-state index contributed by atoms with van der Waals surface area (Å²) in [7, 11) is 0. The molecule has 0 aromatic heterocycles. The Morgan fingerprint density at radius 2 is 1.67 bits per heavy atom. The molecule has 2 rings (SSSR count). The molecule has 0 unspecified atom stereocenters. The van der Waals surface area contributed by atoms with Crippen LogP contribution in [0.15, 0.2) is 48.5 Å². The van der Waals surface area contributed by atoms with Crippen LogP contribution in [-0.4, -0.2) is 23.3 Å². The zero-order valence-electron chi connectivity index (χ0n) is 12.8. The number of nitrogens with one attached hydrogen (secondary N) is 2. The summed E-state index contributed by atoms with van der Waals surface area (Å²) in [5, 5.41) is 15.4. The highest BCUT2D eigenvalue weighted by Crippen LogP contribution is 2.23. The van der Waals surface area contributed by atoms with E-state index in [-0.39, 0.29) is 11.4 Å². The summed E-state index contributed by atoms with van der Waals surface area (Å²) in [5.41, 5.74) is 0.546. The van der Waals surface area contributed by atoms with Crippen LogP contribution in [0.1, 0.15) is 6.92 Å². The van der Waals surface area contributed by atoms with Crippen molar-refractivity contribution in [2.24, 2.45) is 0 Å². The second-order valence-corrected chi connectivity index (χ2v) is 4.64. The Balaban J connectivity index is 2.02. The Labute approximate surface area is 137 Å². The van der Waals surface area contributed by atoms with Gasteiger partial charge in [0.25, 0.3) is 5.69 Å². The lowest BCUT2D eigenvalue weighted by atomic mass is 10.2. The van der Waals surface area contributed by atoms with Gasteiger partial charge in [0.2, 0.25) is 0 Å². The fourth-order valence-electron chi connectivity index (χ4n) is 1.88. The molecule has 0 aliphatic carbocycles. The number of nitrogens with zero attached hydrogens (tertiary/aromatic N) is 1. The molecule has 0 heterocycles. The number of carbonyl (C=O) groups excluding carboxylic acids is 2. The molecule has 0 fully saturated rings. The van der Waals surface area contributed by atoms with E-state index in [1.807, 2.05) is 0 Å². The predicted molar refractivity (Wildman–Crippen MR) is 88.0 cm³/mol. The van der Waals surface area contributed by atoms with Gasteiger partial charge < -0.3 is 15.4 Å². The largest absolute Gasteiger partial charge is 0.492 e. The first-order valence-corrected chi connectivity index (χ1v) is 7.10. The lowest BCUT2D eigenvalue weighted by Gasteiger charge is -2.11. The van der Waals surface area contributed by atoms with E-state index >= 15 is 0 Å². The van der Waals surface area contributed by atoms with E-state index in [4.69, 9.17) is 4.74 Å². The maximum Gasteiger partial charge on any atom is 0.314 e. The van der Waals surface area contributed by atoms with Gasteiger partial charge in [0.1, 0.15) is 5.75 Å². The minimum atomic E-state index is -0.893. The maximum absolute atomic E-state index is 12.0. The molecule has 0 bridgehead atoms. The van der Waals surface area contributed by atoms with Crippen molar-refractivity contribution in [1.82, 2.24) is 0 Å². The molecule has 0 radical (unpaired) electrons. The first kappa shape index (κ1) is 16.9. The Kier molecular flexibility index (Phi) is 5.45. The van der Waals surface area contributed by atoms with Crippen molar-refractivity contribution in [1.29, 1.82) is 0 Å². The number of ether oxygens (including phenoxy) is 1. The van der Waals surface area contributed by atoms with Crippen LogP contribution in [0.5, 0.6) is 5.75 Å². The summed E-state index contributed by atoms with van der Waals surface area (Å²) in [6, 6.07) is 11.9. The molecule has 8 heteroatoms. The number of carbonyl (C=O) groups is 2. The molecule has 2 aromatic rings. The zero-order chi connectivity index (χ0) is 17.5. The molecule has 2 N–H and O–H groups in total. The predicted octanol–water partition coefficient (Wildman–Crippen LogP) is 2.57. The lowest BCUT2D eigenvalue weighted by molar-refractivity contribution is -0.384. The van der Waals surface area contributed by atoms with E-state index < -0.39 is 16.7 Å². The number of hydrogen-bond acceptors (Lipinski definition) is 5. The van der Waals surface area contributed by atoms with Crippen molar-refractivity contribution in [3.8, 4) is 5.75 Å². The van der Waals surface area contributed by atoms with Gasteiger partial charge in [-0.05, 0) is 31.2 Å². The van der Waals surface area contributed by atoms with Gasteiger partial charge in [-0.15, -0.1) is 0 Å². The quantitative estimate of drug-likeness (QED) is 0.497. The van der Waals surface area contributed by atoms with Crippen LogP contribution in [-0.2, 0) is 9.59 Å². The van der Waals surface area contributed by atoms with Gasteiger partial charge in [-0.25, -0.2) is 0 Å². The molecule has 24 heavy (non-hydrogen) atoms. The van der Waals surface area contributed by atoms with E-state index in [1.165, 1.54) is 24.3 Å². The SMILES string of the molecule is CCOc1ccccc1NC(=O)C(=O)Nc1ccc([N+](=O)[O-])cc1. The highest BCUT2D eigenvalue weighted by atomic mass is 16.6. The van der Waals surface area contributed by atoms with Gasteiger partial charge in [0.15, 0.2) is 0 Å². The topological polar surface area (TPSA) is 111 Å². The van der Waals surface area contributed by atoms with Gasteiger partial charge in [-0.2, -0.15) is 0 Å². The molecule has 0 aliphatic heterocycles. The van der Waals surface area contributed by atoms with Crippen molar-refractivity contribution in [2.75, 3.05) is 17.2 Å². The van der Waals surface area contributed by atoms with Crippen LogP contribution in [0.2, 0.25) is 0 Å². The second kappa shape index (κ2) is 7.73. The number of hydrogen-bond donors (Lipinski definition) is 2. The van der Waals surface area contributed by atoms with Gasteiger partial charge >= 0.3 is 11.8 Å². The number of nitro groups is 1. The third-order valence-corrected chi connectivity index (χ3v) is 2.98. The standard InChI is InChI=1S/C16H15N3O5/c1-2-24-14-6-4-3-5-13(14)18-16(21)15(20)17-11-7-9-12(10-8-11)19(22)23/h3-10H,2H2,1H3,(H,17,20)(H,18,21). The molecule has 0 saturated heterocycles. The fourth-order valence-corrected chi connectivity index (χ4v) is 1.88. The van der Waals surface area contributed by atoms with Gasteiger partial charge in [0.05, 0.1) is 17.2 Å². The Hall–Kier alpha value is -3.42. The van der Waals surface area contributed by atoms with E-state index in [9.17, 15) is 19.7 Å². The first-order chi connectivity index (χ1) is 11.5. The highest BCUT2D eigenvalue weighted by Gasteiger charge is 2.16. The van der Waals surface area contributed by atoms with Crippen LogP contribution >= 0.6 is 0 Å². The third kappa shape index (κ3) is 4.29. The normalized spacial score (nSPS) is 9.88. The van der Waals surface area contributed by atoms with Gasteiger partial charge in [-0.3, -0.25) is 19.7 Å². The molecular formula is C16H15N3O5. The number of rotatable bonds is 5. The van der Waals surface area contributed by atoms with E-state index in [1.54, 1.807) is 31.2 Å². The van der Waals surface area contributed by atoms with Crippen molar-refractivity contribution >= 4 is 28.9 Å². The molecule has 0 saturated carbocycles. The van der Waals surface area contributed by atoms with Crippen LogP contribution in [0, 0.1) is 10.1 Å². The average molecular weight is 329 g/mol. The monoisotopic (exact) mass is 329 g/mol. The van der Waals surface area contributed by atoms with Gasteiger partial charge in [-0.1, -0.05) is 12.1 Å². The summed E-state index contributed by atoms with van der Waals surface area (Å²) in [5.74, 6) is -1.31. The first-order valence-electron chi connectivity index (χ1n) is 7.10. The Morgan fingerprint density at radius 1 is 1.04 bits per heavy atom. The van der Waals surface area contributed by atoms with Gasteiger partial charge in [0, 0.05) is 17.8 Å². The minimum Gasteiger partial charge on any atom is -0.492 e. The lowest BCUT2D eigenvalue weighted by Crippen LogP contribution is -2.29. The maximum atomic E-state index is 12.0. The summed E-state index contributed by atoms with van der Waals surface area (Å²) in [4.78, 5) is 33.9. The van der Waals surface area contributed by atoms with Crippen LogP contribution in [0.25, 0.3) is 0 Å². The molecule has 0 spiro atoms.